The van der Waals surface area contributed by atoms with Crippen molar-refractivity contribution < 1.29 is 19.4 Å². The van der Waals surface area contributed by atoms with Crippen molar-refractivity contribution in [2.45, 2.75) is 19.4 Å². The fourth-order valence-corrected chi connectivity index (χ4v) is 2.65. The first-order chi connectivity index (χ1) is 11.9. The fourth-order valence-electron chi connectivity index (χ4n) is 2.65. The fraction of sp³-hybridized carbons (Fsp3) is 0.200. The van der Waals surface area contributed by atoms with Crippen molar-refractivity contribution in [2.75, 3.05) is 7.11 Å². The number of nitrogens with zero attached hydrogens (tertiary/aromatic N) is 1. The van der Waals surface area contributed by atoms with Gasteiger partial charge in [-0.2, -0.15) is 0 Å². The Bertz CT molecular complexity index is 920. The highest BCUT2D eigenvalue weighted by Gasteiger charge is 2.27. The maximum absolute atomic E-state index is 12.6. The Labute approximate surface area is 145 Å². The Kier molecular flexibility index (Phi) is 4.31. The summed E-state index contributed by atoms with van der Waals surface area (Å²) in [6, 6.07) is 12.2. The monoisotopic (exact) mass is 337 g/mol. The van der Waals surface area contributed by atoms with E-state index in [1.54, 1.807) is 69.7 Å². The molecule has 0 unspecified atom stereocenters. The number of pyridine rings is 1. The van der Waals surface area contributed by atoms with Gasteiger partial charge in [-0.05, 0) is 66.6 Å². The van der Waals surface area contributed by atoms with E-state index >= 15 is 0 Å². The summed E-state index contributed by atoms with van der Waals surface area (Å²) in [5, 5.41) is 11.8. The highest BCUT2D eigenvalue weighted by molar-refractivity contribution is 5.99. The largest absolute Gasteiger partial charge is 0.507 e. The van der Waals surface area contributed by atoms with Crippen LogP contribution in [0.5, 0.6) is 11.5 Å². The van der Waals surface area contributed by atoms with E-state index in [9.17, 15) is 9.90 Å². The van der Waals surface area contributed by atoms with Gasteiger partial charge in [-0.3, -0.25) is 4.98 Å². The minimum absolute atomic E-state index is 0.114. The van der Waals surface area contributed by atoms with Crippen molar-refractivity contribution in [3.63, 3.8) is 0 Å². The Hall–Kier alpha value is -3.08. The predicted molar refractivity (Wildman–Crippen MR) is 94.8 cm³/mol. The maximum Gasteiger partial charge on any atom is 0.342 e. The lowest BCUT2D eigenvalue weighted by Crippen LogP contribution is -2.25. The molecule has 3 aromatic rings. The second-order valence-corrected chi connectivity index (χ2v) is 6.22. The van der Waals surface area contributed by atoms with E-state index in [0.717, 1.165) is 16.3 Å². The highest BCUT2D eigenvalue weighted by atomic mass is 16.6. The molecule has 0 radical (unpaired) electrons. The number of fused-ring (bicyclic) bond motifs is 1. The molecule has 0 atom stereocenters. The number of phenolic OH excluding ortho intramolecular Hbond substituents is 1. The van der Waals surface area contributed by atoms with Crippen LogP contribution in [0, 0.1) is 0 Å². The molecule has 0 aliphatic carbocycles. The van der Waals surface area contributed by atoms with E-state index in [0.29, 0.717) is 5.75 Å². The number of hydrogen-bond donors (Lipinski definition) is 1. The molecule has 1 aromatic heterocycles. The van der Waals surface area contributed by atoms with Crippen LogP contribution < -0.4 is 4.74 Å². The third kappa shape index (κ3) is 3.40. The molecule has 0 bridgehead atoms. The lowest BCUT2D eigenvalue weighted by atomic mass is 9.99. The van der Waals surface area contributed by atoms with Crippen LogP contribution in [0.25, 0.3) is 10.8 Å². The van der Waals surface area contributed by atoms with Gasteiger partial charge >= 0.3 is 5.97 Å². The van der Waals surface area contributed by atoms with E-state index in [1.165, 1.54) is 0 Å². The Morgan fingerprint density at radius 3 is 2.44 bits per heavy atom. The Morgan fingerprint density at radius 1 is 1.04 bits per heavy atom. The number of aromatic hydroxyl groups is 1. The van der Waals surface area contributed by atoms with Gasteiger partial charge in [0.25, 0.3) is 0 Å². The summed E-state index contributed by atoms with van der Waals surface area (Å²) >= 11 is 0. The third-order valence-electron chi connectivity index (χ3n) is 4.11. The summed E-state index contributed by atoms with van der Waals surface area (Å²) < 4.78 is 10.8. The molecular formula is C20H19NO4. The maximum atomic E-state index is 12.6. The van der Waals surface area contributed by atoms with Gasteiger partial charge in [0.05, 0.1) is 7.11 Å². The van der Waals surface area contributed by atoms with Gasteiger partial charge < -0.3 is 14.6 Å². The summed E-state index contributed by atoms with van der Waals surface area (Å²) in [4.78, 5) is 16.6. The second kappa shape index (κ2) is 6.43. The van der Waals surface area contributed by atoms with Gasteiger partial charge in [-0.25, -0.2) is 4.79 Å². The molecule has 5 nitrogen and oxygen atoms in total. The molecule has 1 heterocycles. The van der Waals surface area contributed by atoms with Crippen molar-refractivity contribution in [1.82, 2.24) is 4.98 Å². The first-order valence-corrected chi connectivity index (χ1v) is 7.85. The highest BCUT2D eigenvalue weighted by Crippen LogP contribution is 2.31. The van der Waals surface area contributed by atoms with Crippen LogP contribution >= 0.6 is 0 Å². The van der Waals surface area contributed by atoms with Crippen molar-refractivity contribution in [1.29, 1.82) is 0 Å². The number of hydrogen-bond acceptors (Lipinski definition) is 5. The van der Waals surface area contributed by atoms with Crippen LogP contribution in [0.3, 0.4) is 0 Å². The lowest BCUT2D eigenvalue weighted by Gasteiger charge is -2.25. The second-order valence-electron chi connectivity index (χ2n) is 6.22. The normalized spacial score (nSPS) is 11.3. The zero-order chi connectivity index (χ0) is 18.0. The molecule has 0 aliphatic heterocycles. The van der Waals surface area contributed by atoms with Gasteiger partial charge in [0.2, 0.25) is 0 Å². The minimum atomic E-state index is -0.851. The lowest BCUT2D eigenvalue weighted by molar-refractivity contribution is -0.00340. The molecule has 1 N–H and O–H groups in total. The van der Waals surface area contributed by atoms with Crippen LogP contribution in [-0.2, 0) is 10.3 Å². The number of phenols is 1. The van der Waals surface area contributed by atoms with E-state index in [-0.39, 0.29) is 11.3 Å². The number of benzene rings is 2. The summed E-state index contributed by atoms with van der Waals surface area (Å²) in [5.41, 5.74) is 0.0798. The van der Waals surface area contributed by atoms with Gasteiger partial charge in [-0.15, -0.1) is 0 Å². The van der Waals surface area contributed by atoms with Gasteiger partial charge in [0.15, 0.2) is 0 Å². The number of ether oxygens (including phenoxy) is 2. The molecule has 3 rings (SSSR count). The smallest absolute Gasteiger partial charge is 0.342 e. The van der Waals surface area contributed by atoms with Crippen LogP contribution in [0.1, 0.15) is 29.8 Å². The number of methoxy groups -OCH3 is 1. The molecule has 0 amide bonds. The topological polar surface area (TPSA) is 68.7 Å². The molecule has 25 heavy (non-hydrogen) atoms. The Morgan fingerprint density at radius 2 is 1.76 bits per heavy atom. The van der Waals surface area contributed by atoms with Crippen LogP contribution in [0.15, 0.2) is 54.9 Å². The average molecular weight is 337 g/mol. The van der Waals surface area contributed by atoms with Crippen molar-refractivity contribution >= 4 is 16.7 Å². The van der Waals surface area contributed by atoms with E-state index in [1.807, 2.05) is 6.07 Å². The van der Waals surface area contributed by atoms with E-state index in [2.05, 4.69) is 4.98 Å². The first kappa shape index (κ1) is 16.8. The van der Waals surface area contributed by atoms with Crippen molar-refractivity contribution in [3.05, 3.63) is 66.0 Å². The van der Waals surface area contributed by atoms with E-state index < -0.39 is 11.6 Å². The molecular weight excluding hydrogens is 318 g/mol. The Balaban J connectivity index is 1.95. The zero-order valence-electron chi connectivity index (χ0n) is 14.3. The third-order valence-corrected chi connectivity index (χ3v) is 4.11. The number of aromatic nitrogens is 1. The van der Waals surface area contributed by atoms with Crippen LogP contribution in [0.2, 0.25) is 0 Å². The van der Waals surface area contributed by atoms with E-state index in [4.69, 9.17) is 9.47 Å². The molecule has 128 valence electrons. The minimum Gasteiger partial charge on any atom is -0.507 e. The summed E-state index contributed by atoms with van der Waals surface area (Å²) in [6.07, 6.45) is 3.29. The number of carbonyl (C=O) groups excluding carboxylic acids is 1. The van der Waals surface area contributed by atoms with Crippen LogP contribution in [0.4, 0.5) is 0 Å². The SMILES string of the molecule is COc1ccc2cc(O)c(C(=O)OC(C)(C)c3ccncc3)cc2c1. The molecule has 0 aliphatic rings. The molecule has 2 aromatic carbocycles. The first-order valence-electron chi connectivity index (χ1n) is 7.85. The van der Waals surface area contributed by atoms with Crippen LogP contribution in [-0.4, -0.2) is 23.2 Å². The summed E-state index contributed by atoms with van der Waals surface area (Å²) in [7, 11) is 1.58. The standard InChI is InChI=1S/C20H19NO4/c1-20(2,15-6-8-21-9-7-15)25-19(23)17-11-14-10-16(24-3)5-4-13(14)12-18(17)22/h4-12,22H,1-3H3. The van der Waals surface area contributed by atoms with Crippen molar-refractivity contribution in [2.24, 2.45) is 0 Å². The van der Waals surface area contributed by atoms with Gasteiger partial charge in [-0.1, -0.05) is 6.07 Å². The number of carbonyl (C=O) groups is 1. The summed E-state index contributed by atoms with van der Waals surface area (Å²) in [6.45, 7) is 3.59. The predicted octanol–water partition coefficient (Wildman–Crippen LogP) is 4.04. The number of esters is 1. The average Bonchev–Trinajstić information content (AvgIpc) is 2.61. The van der Waals surface area contributed by atoms with Crippen molar-refractivity contribution in [3.8, 4) is 11.5 Å². The summed E-state index contributed by atoms with van der Waals surface area (Å²) in [5.74, 6) is -0.0353. The number of rotatable bonds is 4. The van der Waals surface area contributed by atoms with Gasteiger partial charge in [0, 0.05) is 12.4 Å². The quantitative estimate of drug-likeness (QED) is 0.728. The van der Waals surface area contributed by atoms with Gasteiger partial charge in [0.1, 0.15) is 22.7 Å². The molecule has 0 saturated carbocycles. The zero-order valence-corrected chi connectivity index (χ0v) is 14.3. The molecule has 0 spiro atoms. The molecule has 0 fully saturated rings. The molecule has 0 saturated heterocycles. The molecule has 5 heteroatoms.